The number of piperazine rings is 1. The molecule has 5 heteroatoms. The van der Waals surface area contributed by atoms with Gasteiger partial charge in [0, 0.05) is 54.5 Å². The molecule has 0 unspecified atom stereocenters. The summed E-state index contributed by atoms with van der Waals surface area (Å²) >= 11 is 0. The summed E-state index contributed by atoms with van der Waals surface area (Å²) in [5.41, 5.74) is 8.03. The van der Waals surface area contributed by atoms with E-state index in [-0.39, 0.29) is 0 Å². The fourth-order valence-corrected chi connectivity index (χ4v) is 6.48. The fraction of sp³-hybridized carbons (Fsp3) is 0.312. The highest BCUT2D eigenvalue weighted by atomic mass is 16.5. The Hall–Kier alpha value is -3.54. The minimum Gasteiger partial charge on any atom is -0.490 e. The van der Waals surface area contributed by atoms with Gasteiger partial charge in [0.1, 0.15) is 18.5 Å². The van der Waals surface area contributed by atoms with Gasteiger partial charge in [-0.3, -0.25) is 4.90 Å². The molecule has 1 aromatic heterocycles. The second-order valence-corrected chi connectivity index (χ2v) is 10.7. The quantitative estimate of drug-likeness (QED) is 0.313. The number of aliphatic hydroxyl groups is 1. The van der Waals surface area contributed by atoms with Crippen LogP contribution in [-0.4, -0.2) is 59.4 Å². The zero-order chi connectivity index (χ0) is 24.8. The van der Waals surface area contributed by atoms with Gasteiger partial charge in [-0.2, -0.15) is 0 Å². The Morgan fingerprint density at radius 1 is 0.892 bits per heavy atom. The number of rotatable bonds is 6. The lowest BCUT2D eigenvalue weighted by atomic mass is 9.95. The maximum Gasteiger partial charge on any atom is 0.128 e. The molecule has 3 aromatic carbocycles. The smallest absolute Gasteiger partial charge is 0.128 e. The van der Waals surface area contributed by atoms with Gasteiger partial charge in [-0.1, -0.05) is 48.6 Å². The van der Waals surface area contributed by atoms with Gasteiger partial charge in [-0.25, -0.2) is 0 Å². The third kappa shape index (κ3) is 4.22. The van der Waals surface area contributed by atoms with E-state index in [1.54, 1.807) is 0 Å². The van der Waals surface area contributed by atoms with Crippen LogP contribution in [0.2, 0.25) is 0 Å². The normalized spacial score (nSPS) is 21.5. The maximum absolute atomic E-state index is 10.9. The van der Waals surface area contributed by atoms with Crippen LogP contribution in [0, 0.1) is 0 Å². The predicted molar refractivity (Wildman–Crippen MR) is 149 cm³/mol. The first-order chi connectivity index (χ1) is 18.2. The average Bonchev–Trinajstić information content (AvgIpc) is 3.53. The maximum atomic E-state index is 10.9. The Bertz CT molecular complexity index is 1460. The Kier molecular flexibility index (Phi) is 5.75. The number of aliphatic hydroxyl groups excluding tert-OH is 1. The second kappa shape index (κ2) is 9.40. The van der Waals surface area contributed by atoms with Gasteiger partial charge in [-0.05, 0) is 71.8 Å². The topological polar surface area (TPSA) is 51.7 Å². The fourth-order valence-electron chi connectivity index (χ4n) is 6.48. The third-order valence-electron chi connectivity index (χ3n) is 8.33. The summed E-state index contributed by atoms with van der Waals surface area (Å²) in [4.78, 5) is 8.32. The molecule has 1 fully saturated rings. The van der Waals surface area contributed by atoms with Crippen LogP contribution in [0.15, 0.2) is 85.1 Å². The van der Waals surface area contributed by atoms with Crippen LogP contribution in [0.3, 0.4) is 0 Å². The molecule has 8 rings (SSSR count). The molecule has 3 aliphatic heterocycles. The van der Waals surface area contributed by atoms with Crippen LogP contribution in [0.4, 0.5) is 5.69 Å². The lowest BCUT2D eigenvalue weighted by Gasteiger charge is -2.49. The lowest BCUT2D eigenvalue weighted by Crippen LogP contribution is -2.60. The summed E-state index contributed by atoms with van der Waals surface area (Å²) in [5.74, 6) is 0.819. The average molecular weight is 492 g/mol. The largest absolute Gasteiger partial charge is 0.490 e. The number of nitrogens with one attached hydrogen (secondary N) is 1. The molecule has 1 aliphatic carbocycles. The van der Waals surface area contributed by atoms with Gasteiger partial charge in [-0.15, -0.1) is 0 Å². The highest BCUT2D eigenvalue weighted by Gasteiger charge is 2.35. The molecule has 2 bridgehead atoms. The molecule has 0 spiro atoms. The summed E-state index contributed by atoms with van der Waals surface area (Å²) in [7, 11) is 0. The van der Waals surface area contributed by atoms with Crippen molar-refractivity contribution >= 4 is 16.6 Å². The zero-order valence-electron chi connectivity index (χ0n) is 21.0. The van der Waals surface area contributed by atoms with Gasteiger partial charge in [0.25, 0.3) is 0 Å². The number of aromatic amines is 1. The zero-order valence-corrected chi connectivity index (χ0v) is 21.0. The minimum absolute atomic E-state index is 0.295. The molecule has 5 nitrogen and oxygen atoms in total. The summed E-state index contributed by atoms with van der Waals surface area (Å²) < 4.78 is 6.06. The van der Waals surface area contributed by atoms with E-state index >= 15 is 0 Å². The first-order valence-corrected chi connectivity index (χ1v) is 13.5. The SMILES string of the molecule is O[C@H](COc1cccc2[nH]ccc12)CN1C[C@@H]2CC=CC[C@H]1CN2c1ccc2c(c1)Cc1ccccc1-2. The van der Waals surface area contributed by atoms with Crippen LogP contribution in [-0.2, 0) is 6.42 Å². The molecule has 0 saturated carbocycles. The number of nitrogens with zero attached hydrogens (tertiary/aromatic N) is 2. The second-order valence-electron chi connectivity index (χ2n) is 10.7. The number of H-pyrrole nitrogens is 1. The van der Waals surface area contributed by atoms with Crippen molar-refractivity contribution in [3.63, 3.8) is 0 Å². The van der Waals surface area contributed by atoms with E-state index in [4.69, 9.17) is 4.74 Å². The van der Waals surface area contributed by atoms with E-state index in [2.05, 4.69) is 69.4 Å². The van der Waals surface area contributed by atoms with Gasteiger partial charge in [0.2, 0.25) is 0 Å². The number of hydrogen-bond acceptors (Lipinski definition) is 4. The van der Waals surface area contributed by atoms with E-state index in [9.17, 15) is 5.11 Å². The van der Waals surface area contributed by atoms with Crippen LogP contribution in [0.25, 0.3) is 22.0 Å². The first-order valence-electron chi connectivity index (χ1n) is 13.5. The molecular weight excluding hydrogens is 458 g/mol. The van der Waals surface area contributed by atoms with Gasteiger partial charge in [0.15, 0.2) is 0 Å². The summed E-state index contributed by atoms with van der Waals surface area (Å²) in [5, 5.41) is 12.0. The molecule has 0 radical (unpaired) electrons. The Labute approximate surface area is 218 Å². The molecule has 2 N–H and O–H groups in total. The molecule has 188 valence electrons. The number of fused-ring (bicyclic) bond motifs is 8. The number of benzene rings is 3. The standard InChI is InChI=1S/C32H33N3O2/c36-27(21-37-32-11-5-10-31-30(32)14-15-33-31)20-34-18-26-8-3-2-7-25(34)19-35(26)24-12-13-29-23(17-24)16-22-6-1-4-9-28(22)29/h1-6,9-15,17,25-27,33,36H,7-8,16,18-21H2/t25-,26-,27-/m0/s1. The molecule has 3 atom stereocenters. The minimum atomic E-state index is -0.536. The van der Waals surface area contributed by atoms with E-state index in [1.807, 2.05) is 30.5 Å². The summed E-state index contributed by atoms with van der Waals surface area (Å²) in [6.45, 7) is 2.86. The number of hydrogen-bond donors (Lipinski definition) is 2. The van der Waals surface area contributed by atoms with E-state index < -0.39 is 6.10 Å². The molecular formula is C32H33N3O2. The Morgan fingerprint density at radius 3 is 2.70 bits per heavy atom. The number of ether oxygens (including phenoxy) is 1. The van der Waals surface area contributed by atoms with Crippen molar-refractivity contribution in [1.29, 1.82) is 0 Å². The van der Waals surface area contributed by atoms with Crippen molar-refractivity contribution in [2.24, 2.45) is 0 Å². The highest BCUT2D eigenvalue weighted by Crippen LogP contribution is 2.39. The van der Waals surface area contributed by atoms with E-state index in [0.717, 1.165) is 49.0 Å². The Morgan fingerprint density at radius 2 is 1.76 bits per heavy atom. The van der Waals surface area contributed by atoms with Gasteiger partial charge in [0.05, 0.1) is 0 Å². The van der Waals surface area contributed by atoms with Crippen LogP contribution >= 0.6 is 0 Å². The van der Waals surface area contributed by atoms with Crippen molar-refractivity contribution in [3.05, 3.63) is 96.2 Å². The molecule has 4 aromatic rings. The first kappa shape index (κ1) is 22.6. The van der Waals surface area contributed by atoms with Gasteiger partial charge >= 0.3 is 0 Å². The highest BCUT2D eigenvalue weighted by molar-refractivity contribution is 5.85. The molecule has 0 amide bonds. The number of anilines is 1. The number of aromatic nitrogens is 1. The molecule has 1 saturated heterocycles. The van der Waals surface area contributed by atoms with E-state index in [1.165, 1.54) is 27.9 Å². The van der Waals surface area contributed by atoms with Gasteiger partial charge < -0.3 is 19.7 Å². The van der Waals surface area contributed by atoms with Crippen molar-refractivity contribution in [2.75, 3.05) is 31.1 Å². The van der Waals surface area contributed by atoms with Crippen molar-refractivity contribution in [3.8, 4) is 16.9 Å². The lowest BCUT2D eigenvalue weighted by molar-refractivity contribution is 0.0409. The Balaban J connectivity index is 1.05. The van der Waals surface area contributed by atoms with Crippen LogP contribution in [0.1, 0.15) is 24.0 Å². The van der Waals surface area contributed by atoms with Crippen LogP contribution < -0.4 is 9.64 Å². The molecule has 37 heavy (non-hydrogen) atoms. The van der Waals surface area contributed by atoms with Crippen molar-refractivity contribution in [2.45, 2.75) is 37.5 Å². The molecule has 4 heterocycles. The van der Waals surface area contributed by atoms with Crippen molar-refractivity contribution in [1.82, 2.24) is 9.88 Å². The van der Waals surface area contributed by atoms with Crippen molar-refractivity contribution < 1.29 is 9.84 Å². The molecule has 4 aliphatic rings. The monoisotopic (exact) mass is 491 g/mol. The predicted octanol–water partition coefficient (Wildman–Crippen LogP) is 5.39. The summed E-state index contributed by atoms with van der Waals surface area (Å²) in [6, 6.07) is 24.6. The summed E-state index contributed by atoms with van der Waals surface area (Å²) in [6.07, 6.45) is 9.13. The third-order valence-corrected chi connectivity index (χ3v) is 8.33. The van der Waals surface area contributed by atoms with Crippen LogP contribution in [0.5, 0.6) is 5.75 Å². The van der Waals surface area contributed by atoms with E-state index in [0.29, 0.717) is 25.2 Å².